The number of aromatic nitrogens is 1. The number of amides is 1. The fraction of sp³-hybridized carbons (Fsp3) is 0.353. The number of aliphatic carboxylic acids is 1. The molecular weight excluding hydrogens is 315 g/mol. The quantitative estimate of drug-likeness (QED) is 0.880. The number of halogens is 1. The molecule has 2 heterocycles. The van der Waals surface area contributed by atoms with Gasteiger partial charge in [-0.05, 0) is 38.0 Å². The van der Waals surface area contributed by atoms with Gasteiger partial charge in [-0.3, -0.25) is 14.4 Å². The molecule has 126 valence electrons. The van der Waals surface area contributed by atoms with Crippen molar-refractivity contribution in [2.24, 2.45) is 5.41 Å². The molecule has 2 N–H and O–H groups in total. The summed E-state index contributed by atoms with van der Waals surface area (Å²) in [6, 6.07) is 4.99. The van der Waals surface area contributed by atoms with Gasteiger partial charge < -0.3 is 15.0 Å². The molecule has 0 saturated carbocycles. The third-order valence-corrected chi connectivity index (χ3v) is 4.54. The molecule has 24 heavy (non-hydrogen) atoms. The number of pyridine rings is 1. The number of benzene rings is 1. The van der Waals surface area contributed by atoms with E-state index < -0.39 is 28.7 Å². The highest BCUT2D eigenvalue weighted by molar-refractivity contribution is 6.06. The molecule has 1 unspecified atom stereocenters. The molecule has 2 aromatic rings. The molecule has 1 saturated heterocycles. The van der Waals surface area contributed by atoms with Gasteiger partial charge in [-0.1, -0.05) is 0 Å². The molecule has 6 nitrogen and oxygen atoms in total. The molecule has 1 fully saturated rings. The van der Waals surface area contributed by atoms with E-state index in [0.29, 0.717) is 24.8 Å². The number of piperidine rings is 1. The number of carboxylic acid groups (broad SMARTS) is 1. The van der Waals surface area contributed by atoms with E-state index in [9.17, 15) is 23.9 Å². The molecule has 0 aliphatic carbocycles. The van der Waals surface area contributed by atoms with Gasteiger partial charge in [-0.25, -0.2) is 4.39 Å². The average Bonchev–Trinajstić information content (AvgIpc) is 2.52. The van der Waals surface area contributed by atoms with E-state index in [1.54, 1.807) is 6.92 Å². The third-order valence-electron chi connectivity index (χ3n) is 4.54. The predicted molar refractivity (Wildman–Crippen MR) is 85.4 cm³/mol. The number of rotatable bonds is 2. The summed E-state index contributed by atoms with van der Waals surface area (Å²) >= 11 is 0. The Morgan fingerprint density at radius 1 is 1.33 bits per heavy atom. The molecule has 0 radical (unpaired) electrons. The summed E-state index contributed by atoms with van der Waals surface area (Å²) in [5.74, 6) is -1.87. The number of carboxylic acids is 1. The maximum atomic E-state index is 13.4. The highest BCUT2D eigenvalue weighted by atomic mass is 19.1. The number of nitrogens with zero attached hydrogens (tertiary/aromatic N) is 1. The Bertz CT molecular complexity index is 892. The topological polar surface area (TPSA) is 90.5 Å². The fourth-order valence-corrected chi connectivity index (χ4v) is 3.17. The van der Waals surface area contributed by atoms with Gasteiger partial charge in [0, 0.05) is 24.5 Å². The Kier molecular flexibility index (Phi) is 3.87. The standard InChI is InChI=1S/C17H17FN2O4/c1-17(16(23)24)5-2-6-20(9-17)15(22)12-8-14(21)19-13-7-10(18)3-4-11(12)13/h3-4,7-8H,2,5-6,9H2,1H3,(H,19,21)(H,23,24). The fourth-order valence-electron chi connectivity index (χ4n) is 3.17. The second kappa shape index (κ2) is 5.74. The van der Waals surface area contributed by atoms with Gasteiger partial charge >= 0.3 is 5.97 Å². The first-order valence-corrected chi connectivity index (χ1v) is 7.65. The minimum atomic E-state index is -1.00. The predicted octanol–water partition coefficient (Wildman–Crippen LogP) is 1.99. The lowest BCUT2D eigenvalue weighted by Gasteiger charge is -2.37. The minimum absolute atomic E-state index is 0.0800. The van der Waals surface area contributed by atoms with Crippen molar-refractivity contribution in [3.8, 4) is 0 Å². The lowest BCUT2D eigenvalue weighted by Crippen LogP contribution is -2.48. The lowest BCUT2D eigenvalue weighted by atomic mass is 9.82. The first kappa shape index (κ1) is 16.2. The van der Waals surface area contributed by atoms with Crippen molar-refractivity contribution in [2.75, 3.05) is 13.1 Å². The van der Waals surface area contributed by atoms with Crippen LogP contribution < -0.4 is 5.56 Å². The van der Waals surface area contributed by atoms with E-state index >= 15 is 0 Å². The molecule has 0 spiro atoms. The summed E-state index contributed by atoms with van der Waals surface area (Å²) in [7, 11) is 0. The summed E-state index contributed by atoms with van der Waals surface area (Å²) in [5.41, 5.74) is -1.11. The zero-order valence-electron chi connectivity index (χ0n) is 13.1. The van der Waals surface area contributed by atoms with Crippen molar-refractivity contribution >= 4 is 22.8 Å². The van der Waals surface area contributed by atoms with Crippen molar-refractivity contribution in [3.63, 3.8) is 0 Å². The number of fused-ring (bicyclic) bond motifs is 1. The zero-order valence-corrected chi connectivity index (χ0v) is 13.1. The van der Waals surface area contributed by atoms with Crippen molar-refractivity contribution in [1.82, 2.24) is 9.88 Å². The van der Waals surface area contributed by atoms with E-state index in [4.69, 9.17) is 0 Å². The van der Waals surface area contributed by atoms with Gasteiger partial charge in [0.25, 0.3) is 5.91 Å². The SMILES string of the molecule is CC1(C(=O)O)CCCN(C(=O)c2cc(=O)[nH]c3cc(F)ccc23)C1. The molecule has 3 rings (SSSR count). The van der Waals surface area contributed by atoms with E-state index in [0.717, 1.165) is 6.07 Å². The summed E-state index contributed by atoms with van der Waals surface area (Å²) in [6.07, 6.45) is 1.07. The van der Waals surface area contributed by atoms with Crippen molar-refractivity contribution in [1.29, 1.82) is 0 Å². The largest absolute Gasteiger partial charge is 0.481 e. The molecular formula is C17H17FN2O4. The van der Waals surface area contributed by atoms with Crippen LogP contribution in [0.15, 0.2) is 29.1 Å². The first-order chi connectivity index (χ1) is 11.3. The van der Waals surface area contributed by atoms with Gasteiger partial charge in [-0.15, -0.1) is 0 Å². The summed E-state index contributed by atoms with van der Waals surface area (Å²) in [6.45, 7) is 2.12. The van der Waals surface area contributed by atoms with Crippen molar-refractivity contribution < 1.29 is 19.1 Å². The Balaban J connectivity index is 2.03. The number of hydrogen-bond acceptors (Lipinski definition) is 3. The zero-order chi connectivity index (χ0) is 17.5. The van der Waals surface area contributed by atoms with Crippen LogP contribution in [0.1, 0.15) is 30.1 Å². The molecule has 1 aliphatic rings. The molecule has 1 aromatic heterocycles. The normalized spacial score (nSPS) is 21.0. The van der Waals surface area contributed by atoms with Crippen LogP contribution >= 0.6 is 0 Å². The van der Waals surface area contributed by atoms with E-state index in [1.165, 1.54) is 23.1 Å². The Labute approximate surface area is 136 Å². The molecule has 7 heteroatoms. The highest BCUT2D eigenvalue weighted by Crippen LogP contribution is 2.31. The van der Waals surface area contributed by atoms with Gasteiger partial charge in [0.15, 0.2) is 0 Å². The number of nitrogens with one attached hydrogen (secondary N) is 1. The Morgan fingerprint density at radius 3 is 2.79 bits per heavy atom. The van der Waals surface area contributed by atoms with Gasteiger partial charge in [0.2, 0.25) is 5.56 Å². The summed E-state index contributed by atoms with van der Waals surface area (Å²) in [4.78, 5) is 40.0. The van der Waals surface area contributed by atoms with E-state index in [1.807, 2.05) is 0 Å². The first-order valence-electron chi connectivity index (χ1n) is 7.65. The smallest absolute Gasteiger partial charge is 0.311 e. The number of aromatic amines is 1. The van der Waals surface area contributed by atoms with Crippen LogP contribution in [-0.2, 0) is 4.79 Å². The van der Waals surface area contributed by atoms with Crippen LogP contribution in [0.4, 0.5) is 4.39 Å². The van der Waals surface area contributed by atoms with Gasteiger partial charge in [0.1, 0.15) is 5.82 Å². The number of hydrogen-bond donors (Lipinski definition) is 2. The Hall–Kier alpha value is -2.70. The van der Waals surface area contributed by atoms with E-state index in [2.05, 4.69) is 4.98 Å². The molecule has 1 atom stereocenters. The van der Waals surface area contributed by atoms with Crippen LogP contribution in [0.5, 0.6) is 0 Å². The Morgan fingerprint density at radius 2 is 2.08 bits per heavy atom. The van der Waals surface area contributed by atoms with Gasteiger partial charge in [0.05, 0.1) is 16.5 Å². The van der Waals surface area contributed by atoms with Gasteiger partial charge in [-0.2, -0.15) is 0 Å². The molecule has 1 aliphatic heterocycles. The van der Waals surface area contributed by atoms with Crippen LogP contribution in [0, 0.1) is 11.2 Å². The van der Waals surface area contributed by atoms with Crippen molar-refractivity contribution in [3.05, 3.63) is 46.0 Å². The summed E-state index contributed by atoms with van der Waals surface area (Å²) < 4.78 is 13.4. The number of carbonyl (C=O) groups excluding carboxylic acids is 1. The van der Waals surface area contributed by atoms with E-state index in [-0.39, 0.29) is 17.6 Å². The number of H-pyrrole nitrogens is 1. The second-order valence-electron chi connectivity index (χ2n) is 6.43. The molecule has 1 aromatic carbocycles. The van der Waals surface area contributed by atoms with Crippen LogP contribution in [0.2, 0.25) is 0 Å². The number of carbonyl (C=O) groups is 2. The monoisotopic (exact) mass is 332 g/mol. The average molecular weight is 332 g/mol. The maximum Gasteiger partial charge on any atom is 0.311 e. The second-order valence-corrected chi connectivity index (χ2v) is 6.43. The van der Waals surface area contributed by atoms with Crippen LogP contribution in [0.25, 0.3) is 10.9 Å². The van der Waals surface area contributed by atoms with Crippen LogP contribution in [-0.4, -0.2) is 40.0 Å². The summed E-state index contributed by atoms with van der Waals surface area (Å²) in [5, 5.41) is 9.81. The molecule has 0 bridgehead atoms. The minimum Gasteiger partial charge on any atom is -0.481 e. The number of likely N-dealkylation sites (tertiary alicyclic amines) is 1. The lowest BCUT2D eigenvalue weighted by molar-refractivity contribution is -0.150. The third kappa shape index (κ3) is 2.77. The maximum absolute atomic E-state index is 13.4. The highest BCUT2D eigenvalue weighted by Gasteiger charge is 2.39. The molecule has 1 amide bonds. The van der Waals surface area contributed by atoms with Crippen molar-refractivity contribution in [2.45, 2.75) is 19.8 Å². The van der Waals surface area contributed by atoms with Crippen LogP contribution in [0.3, 0.4) is 0 Å².